The highest BCUT2D eigenvalue weighted by Gasteiger charge is 2.09. The van der Waals surface area contributed by atoms with Gasteiger partial charge in [-0.15, -0.1) is 10.2 Å². The molecule has 1 aromatic rings. The van der Waals surface area contributed by atoms with Crippen molar-refractivity contribution in [3.8, 4) is 0 Å². The van der Waals surface area contributed by atoms with Crippen LogP contribution in [0.3, 0.4) is 0 Å². The van der Waals surface area contributed by atoms with Crippen LogP contribution >= 0.6 is 15.9 Å². The number of aryl methyl sites for hydroxylation is 2. The molecule has 14 heavy (non-hydrogen) atoms. The zero-order valence-electron chi connectivity index (χ0n) is 8.94. The number of aromatic nitrogens is 4. The Hall–Kier alpha value is -0.450. The first-order chi connectivity index (χ1) is 6.58. The Morgan fingerprint density at radius 1 is 1.43 bits per heavy atom. The maximum Gasteiger partial charge on any atom is 0.174 e. The number of alkyl halides is 1. The average Bonchev–Trinajstić information content (AvgIpc) is 2.47. The van der Waals surface area contributed by atoms with Gasteiger partial charge in [0, 0.05) is 11.2 Å². The third-order valence-electron chi connectivity index (χ3n) is 1.96. The summed E-state index contributed by atoms with van der Waals surface area (Å²) >= 11 is 3.66. The van der Waals surface area contributed by atoms with Crippen LogP contribution in [0.1, 0.15) is 32.5 Å². The van der Waals surface area contributed by atoms with Gasteiger partial charge in [0.2, 0.25) is 0 Å². The summed E-state index contributed by atoms with van der Waals surface area (Å²) in [5.41, 5.74) is 0. The van der Waals surface area contributed by atoms with Crippen molar-refractivity contribution in [1.29, 1.82) is 0 Å². The fraction of sp³-hybridized carbons (Fsp3) is 0.889. The van der Waals surface area contributed by atoms with Crippen molar-refractivity contribution in [3.63, 3.8) is 0 Å². The van der Waals surface area contributed by atoms with Gasteiger partial charge in [-0.3, -0.25) is 0 Å². The summed E-state index contributed by atoms with van der Waals surface area (Å²) in [6.07, 6.45) is 3.17. The summed E-state index contributed by atoms with van der Waals surface area (Å²) in [7, 11) is 1.79. The molecule has 0 radical (unpaired) electrons. The molecule has 1 atom stereocenters. The Labute approximate surface area is 93.2 Å². The lowest BCUT2D eigenvalue weighted by atomic mass is 10.1. The van der Waals surface area contributed by atoms with E-state index in [4.69, 9.17) is 0 Å². The average molecular weight is 261 g/mol. The van der Waals surface area contributed by atoms with Gasteiger partial charge in [-0.1, -0.05) is 29.8 Å². The van der Waals surface area contributed by atoms with Crippen molar-refractivity contribution in [2.75, 3.05) is 0 Å². The van der Waals surface area contributed by atoms with E-state index < -0.39 is 0 Å². The molecule has 1 heterocycles. The van der Waals surface area contributed by atoms with Crippen LogP contribution in [0.2, 0.25) is 0 Å². The standard InChI is InChI=1S/C9H17BrN4/c1-7(2)6-8(10)4-5-9-11-13-14(3)12-9/h7-8H,4-6H2,1-3H3. The third kappa shape index (κ3) is 4.17. The Kier molecular flexibility index (Phi) is 4.51. The van der Waals surface area contributed by atoms with Crippen molar-refractivity contribution >= 4 is 15.9 Å². The lowest BCUT2D eigenvalue weighted by Gasteiger charge is -2.10. The van der Waals surface area contributed by atoms with Crippen molar-refractivity contribution in [3.05, 3.63) is 5.82 Å². The summed E-state index contributed by atoms with van der Waals surface area (Å²) in [4.78, 5) is 2.06. The molecule has 0 saturated heterocycles. The minimum absolute atomic E-state index is 0.561. The monoisotopic (exact) mass is 260 g/mol. The van der Waals surface area contributed by atoms with Crippen LogP contribution in [0.25, 0.3) is 0 Å². The highest BCUT2D eigenvalue weighted by molar-refractivity contribution is 9.09. The molecule has 0 saturated carbocycles. The normalized spacial score (nSPS) is 13.5. The molecule has 0 amide bonds. The van der Waals surface area contributed by atoms with Gasteiger partial charge in [-0.25, -0.2) is 0 Å². The van der Waals surface area contributed by atoms with E-state index in [0.29, 0.717) is 4.83 Å². The molecule has 1 aromatic heterocycles. The summed E-state index contributed by atoms with van der Waals surface area (Å²) in [5, 5.41) is 11.9. The summed E-state index contributed by atoms with van der Waals surface area (Å²) < 4.78 is 0. The molecule has 0 aliphatic carbocycles. The second-order valence-corrected chi connectivity index (χ2v) is 5.26. The number of halogens is 1. The number of hydrogen-bond acceptors (Lipinski definition) is 3. The van der Waals surface area contributed by atoms with Gasteiger partial charge in [0.15, 0.2) is 5.82 Å². The molecule has 80 valence electrons. The second kappa shape index (κ2) is 5.44. The molecule has 1 unspecified atom stereocenters. The zero-order chi connectivity index (χ0) is 10.6. The van der Waals surface area contributed by atoms with E-state index >= 15 is 0 Å². The quantitative estimate of drug-likeness (QED) is 0.761. The Morgan fingerprint density at radius 3 is 2.64 bits per heavy atom. The fourth-order valence-corrected chi connectivity index (χ4v) is 2.32. The highest BCUT2D eigenvalue weighted by atomic mass is 79.9. The first-order valence-electron chi connectivity index (χ1n) is 4.95. The SMILES string of the molecule is CC(C)CC(Br)CCc1nnn(C)n1. The minimum atomic E-state index is 0.561. The van der Waals surface area contributed by atoms with Crippen molar-refractivity contribution in [1.82, 2.24) is 20.2 Å². The molecule has 1 rings (SSSR count). The van der Waals surface area contributed by atoms with Crippen molar-refractivity contribution in [2.45, 2.75) is 37.9 Å². The third-order valence-corrected chi connectivity index (χ3v) is 2.79. The molecule has 5 heteroatoms. The van der Waals surface area contributed by atoms with Crippen LogP contribution in [0, 0.1) is 5.92 Å². The molecule has 4 nitrogen and oxygen atoms in total. The van der Waals surface area contributed by atoms with E-state index in [1.54, 1.807) is 7.05 Å². The molecule has 0 aliphatic heterocycles. The topological polar surface area (TPSA) is 43.6 Å². The largest absolute Gasteiger partial charge is 0.174 e. The predicted molar refractivity (Wildman–Crippen MR) is 59.3 cm³/mol. The summed E-state index contributed by atoms with van der Waals surface area (Å²) in [6.45, 7) is 4.46. The highest BCUT2D eigenvalue weighted by Crippen LogP contribution is 2.17. The second-order valence-electron chi connectivity index (χ2n) is 3.96. The van der Waals surface area contributed by atoms with E-state index in [1.165, 1.54) is 11.2 Å². The molecule has 0 aliphatic rings. The number of tetrazole rings is 1. The molecule has 0 bridgehead atoms. The van der Waals surface area contributed by atoms with E-state index in [2.05, 4.69) is 45.2 Å². The lowest BCUT2D eigenvalue weighted by Crippen LogP contribution is -2.05. The van der Waals surface area contributed by atoms with Gasteiger partial charge in [0.05, 0.1) is 7.05 Å². The number of rotatable bonds is 5. The van der Waals surface area contributed by atoms with Gasteiger partial charge in [0.1, 0.15) is 0 Å². The summed E-state index contributed by atoms with van der Waals surface area (Å²) in [5.74, 6) is 1.56. The van der Waals surface area contributed by atoms with Gasteiger partial charge in [0.25, 0.3) is 0 Å². The van der Waals surface area contributed by atoms with Gasteiger partial charge in [-0.2, -0.15) is 4.80 Å². The van der Waals surface area contributed by atoms with Gasteiger partial charge >= 0.3 is 0 Å². The molecular weight excluding hydrogens is 244 g/mol. The van der Waals surface area contributed by atoms with Crippen LogP contribution in [0.5, 0.6) is 0 Å². The van der Waals surface area contributed by atoms with Crippen LogP contribution < -0.4 is 0 Å². The van der Waals surface area contributed by atoms with Crippen molar-refractivity contribution in [2.24, 2.45) is 13.0 Å². The minimum Gasteiger partial charge on any atom is -0.167 e. The van der Waals surface area contributed by atoms with E-state index in [9.17, 15) is 0 Å². The van der Waals surface area contributed by atoms with Crippen molar-refractivity contribution < 1.29 is 0 Å². The molecule has 0 aromatic carbocycles. The Balaban J connectivity index is 2.26. The summed E-state index contributed by atoms with van der Waals surface area (Å²) in [6, 6.07) is 0. The van der Waals surface area contributed by atoms with Gasteiger partial charge < -0.3 is 0 Å². The van der Waals surface area contributed by atoms with Crippen LogP contribution in [-0.2, 0) is 13.5 Å². The van der Waals surface area contributed by atoms with Crippen LogP contribution in [-0.4, -0.2) is 25.0 Å². The molecule has 0 spiro atoms. The number of nitrogens with zero attached hydrogens (tertiary/aromatic N) is 4. The lowest BCUT2D eigenvalue weighted by molar-refractivity contribution is 0.550. The van der Waals surface area contributed by atoms with Crippen LogP contribution in [0.4, 0.5) is 0 Å². The molecular formula is C9H17BrN4. The smallest absolute Gasteiger partial charge is 0.167 e. The first-order valence-corrected chi connectivity index (χ1v) is 5.86. The van der Waals surface area contributed by atoms with E-state index in [1.807, 2.05) is 0 Å². The molecule has 0 fully saturated rings. The Morgan fingerprint density at radius 2 is 2.14 bits per heavy atom. The van der Waals surface area contributed by atoms with E-state index in [-0.39, 0.29) is 0 Å². The number of hydrogen-bond donors (Lipinski definition) is 0. The maximum absolute atomic E-state index is 4.14. The first kappa shape index (κ1) is 11.6. The fourth-order valence-electron chi connectivity index (χ4n) is 1.34. The molecule has 0 N–H and O–H groups in total. The van der Waals surface area contributed by atoms with E-state index in [0.717, 1.165) is 24.6 Å². The zero-order valence-corrected chi connectivity index (χ0v) is 10.5. The van der Waals surface area contributed by atoms with Crippen LogP contribution in [0.15, 0.2) is 0 Å². The predicted octanol–water partition coefficient (Wildman–Crippen LogP) is 1.95. The van der Waals surface area contributed by atoms with Gasteiger partial charge in [-0.05, 0) is 24.0 Å². The Bertz CT molecular complexity index is 272. The maximum atomic E-state index is 4.14.